The van der Waals surface area contributed by atoms with Gasteiger partial charge in [-0.25, -0.2) is 0 Å². The molecule has 0 radical (unpaired) electrons. The van der Waals surface area contributed by atoms with Crippen molar-refractivity contribution in [3.05, 3.63) is 34.3 Å². The van der Waals surface area contributed by atoms with E-state index in [1.807, 2.05) is 12.1 Å². The Kier molecular flexibility index (Phi) is 9.73. The van der Waals surface area contributed by atoms with Crippen molar-refractivity contribution in [3.8, 4) is 0 Å². The van der Waals surface area contributed by atoms with Gasteiger partial charge in [-0.3, -0.25) is 0 Å². The summed E-state index contributed by atoms with van der Waals surface area (Å²) in [4.78, 5) is 0. The molecule has 3 nitrogen and oxygen atoms in total. The van der Waals surface area contributed by atoms with E-state index < -0.39 is 0 Å². The van der Waals surface area contributed by atoms with Crippen LogP contribution in [0.5, 0.6) is 0 Å². The van der Waals surface area contributed by atoms with Crippen molar-refractivity contribution in [3.63, 3.8) is 0 Å². The lowest BCUT2D eigenvalue weighted by molar-refractivity contribution is 0.00978. The molecule has 0 heterocycles. The maximum absolute atomic E-state index is 5.81. The minimum atomic E-state index is 0.0654. The zero-order chi connectivity index (χ0) is 13.9. The minimum absolute atomic E-state index is 0.0654. The van der Waals surface area contributed by atoms with Crippen LogP contribution in [0, 0.1) is 0 Å². The summed E-state index contributed by atoms with van der Waals surface area (Å²) in [6.07, 6.45) is 0.987. The fraction of sp³-hybridized carbons (Fsp3) is 0.571. The first kappa shape index (κ1) is 17.1. The van der Waals surface area contributed by atoms with Gasteiger partial charge in [0, 0.05) is 30.1 Å². The molecule has 0 spiro atoms. The molecule has 1 aromatic carbocycles. The molecule has 0 aliphatic carbocycles. The SMILES string of the molecule is COCCCOCCOC(CBr)c1ccc(Br)cc1. The van der Waals surface area contributed by atoms with Gasteiger partial charge < -0.3 is 14.2 Å². The van der Waals surface area contributed by atoms with Crippen LogP contribution in [0.15, 0.2) is 28.7 Å². The van der Waals surface area contributed by atoms with E-state index in [-0.39, 0.29) is 6.10 Å². The van der Waals surface area contributed by atoms with Crippen molar-refractivity contribution in [1.29, 1.82) is 0 Å². The van der Waals surface area contributed by atoms with Crippen molar-refractivity contribution < 1.29 is 14.2 Å². The molecule has 0 aliphatic rings. The van der Waals surface area contributed by atoms with E-state index in [4.69, 9.17) is 14.2 Å². The average Bonchev–Trinajstić information content (AvgIpc) is 2.43. The number of rotatable bonds is 10. The highest BCUT2D eigenvalue weighted by Crippen LogP contribution is 2.21. The van der Waals surface area contributed by atoms with Crippen LogP contribution in [0.2, 0.25) is 0 Å². The van der Waals surface area contributed by atoms with E-state index in [1.165, 1.54) is 5.56 Å². The van der Waals surface area contributed by atoms with Crippen molar-refractivity contribution in [1.82, 2.24) is 0 Å². The standard InChI is InChI=1S/C14H20Br2O3/c1-17-7-2-8-18-9-10-19-14(11-15)12-3-5-13(16)6-4-12/h3-6,14H,2,7-11H2,1H3. The average molecular weight is 396 g/mol. The van der Waals surface area contributed by atoms with Gasteiger partial charge in [0.25, 0.3) is 0 Å². The van der Waals surface area contributed by atoms with E-state index in [2.05, 4.69) is 44.0 Å². The maximum atomic E-state index is 5.81. The van der Waals surface area contributed by atoms with Gasteiger partial charge in [-0.15, -0.1) is 0 Å². The Hall–Kier alpha value is 0.0600. The van der Waals surface area contributed by atoms with Crippen molar-refractivity contribution >= 4 is 31.9 Å². The number of hydrogen-bond acceptors (Lipinski definition) is 3. The van der Waals surface area contributed by atoms with Crippen LogP contribution in [0.3, 0.4) is 0 Å². The molecule has 19 heavy (non-hydrogen) atoms. The van der Waals surface area contributed by atoms with Crippen molar-refractivity contribution in [2.24, 2.45) is 0 Å². The lowest BCUT2D eigenvalue weighted by Crippen LogP contribution is -2.12. The summed E-state index contributed by atoms with van der Waals surface area (Å²) in [5.74, 6) is 0. The zero-order valence-corrected chi connectivity index (χ0v) is 14.3. The van der Waals surface area contributed by atoms with Gasteiger partial charge >= 0.3 is 0 Å². The van der Waals surface area contributed by atoms with Crippen LogP contribution in [-0.4, -0.2) is 38.9 Å². The second kappa shape index (κ2) is 10.8. The second-order valence-corrected chi connectivity index (χ2v) is 5.59. The molecule has 0 N–H and O–H groups in total. The smallest absolute Gasteiger partial charge is 0.0922 e. The monoisotopic (exact) mass is 394 g/mol. The van der Waals surface area contributed by atoms with Crippen LogP contribution in [0.25, 0.3) is 0 Å². The minimum Gasteiger partial charge on any atom is -0.385 e. The Bertz CT molecular complexity index is 330. The maximum Gasteiger partial charge on any atom is 0.0922 e. The molecule has 108 valence electrons. The molecule has 5 heteroatoms. The lowest BCUT2D eigenvalue weighted by atomic mass is 10.1. The normalized spacial score (nSPS) is 12.6. The number of hydrogen-bond donors (Lipinski definition) is 0. The summed E-state index contributed by atoms with van der Waals surface area (Å²) in [5, 5.41) is 0.776. The molecule has 1 rings (SSSR count). The van der Waals surface area contributed by atoms with Gasteiger partial charge in [-0.2, -0.15) is 0 Å². The molecule has 1 unspecified atom stereocenters. The number of ether oxygens (including phenoxy) is 3. The molecule has 0 saturated carbocycles. The van der Waals surface area contributed by atoms with Gasteiger partial charge in [0.15, 0.2) is 0 Å². The van der Waals surface area contributed by atoms with Crippen LogP contribution in [0.4, 0.5) is 0 Å². The molecule has 0 aromatic heterocycles. The van der Waals surface area contributed by atoms with Crippen LogP contribution >= 0.6 is 31.9 Å². The fourth-order valence-corrected chi connectivity index (χ4v) is 2.39. The van der Waals surface area contributed by atoms with Gasteiger partial charge in [0.1, 0.15) is 0 Å². The summed E-state index contributed by atoms with van der Waals surface area (Å²) >= 11 is 6.91. The topological polar surface area (TPSA) is 27.7 Å². The highest BCUT2D eigenvalue weighted by molar-refractivity contribution is 9.10. The Morgan fingerprint density at radius 2 is 1.79 bits per heavy atom. The first-order valence-corrected chi connectivity index (χ1v) is 8.19. The van der Waals surface area contributed by atoms with E-state index in [0.29, 0.717) is 19.8 Å². The van der Waals surface area contributed by atoms with Gasteiger partial charge in [-0.05, 0) is 24.1 Å². The highest BCUT2D eigenvalue weighted by atomic mass is 79.9. The largest absolute Gasteiger partial charge is 0.385 e. The molecule has 0 amide bonds. The number of methoxy groups -OCH3 is 1. The van der Waals surface area contributed by atoms with E-state index in [1.54, 1.807) is 7.11 Å². The molecule has 0 bridgehead atoms. The van der Waals surface area contributed by atoms with Crippen LogP contribution in [-0.2, 0) is 14.2 Å². The summed E-state index contributed by atoms with van der Waals surface area (Å²) < 4.78 is 17.3. The third-order valence-electron chi connectivity index (χ3n) is 2.57. The first-order valence-electron chi connectivity index (χ1n) is 6.27. The van der Waals surface area contributed by atoms with Crippen molar-refractivity contribution in [2.75, 3.05) is 38.9 Å². The predicted octanol–water partition coefficient (Wildman–Crippen LogP) is 3.95. The van der Waals surface area contributed by atoms with Crippen LogP contribution < -0.4 is 0 Å². The predicted molar refractivity (Wildman–Crippen MR) is 83.9 cm³/mol. The zero-order valence-electron chi connectivity index (χ0n) is 11.1. The lowest BCUT2D eigenvalue weighted by Gasteiger charge is -2.16. The van der Waals surface area contributed by atoms with Gasteiger partial charge in [0.05, 0.1) is 19.3 Å². The second-order valence-electron chi connectivity index (χ2n) is 4.02. The Labute approximate surface area is 131 Å². The third-order valence-corrected chi connectivity index (χ3v) is 3.68. The van der Waals surface area contributed by atoms with Crippen molar-refractivity contribution in [2.45, 2.75) is 12.5 Å². The van der Waals surface area contributed by atoms with E-state index >= 15 is 0 Å². The highest BCUT2D eigenvalue weighted by Gasteiger charge is 2.09. The first-order chi connectivity index (χ1) is 9.27. The number of halogens is 2. The Morgan fingerprint density at radius 1 is 1.05 bits per heavy atom. The molecule has 0 fully saturated rings. The van der Waals surface area contributed by atoms with Gasteiger partial charge in [-0.1, -0.05) is 44.0 Å². The van der Waals surface area contributed by atoms with E-state index in [9.17, 15) is 0 Å². The quantitative estimate of drug-likeness (QED) is 0.443. The number of alkyl halides is 1. The van der Waals surface area contributed by atoms with Gasteiger partial charge in [0.2, 0.25) is 0 Å². The summed E-state index contributed by atoms with van der Waals surface area (Å²) in [7, 11) is 1.70. The Morgan fingerprint density at radius 3 is 2.42 bits per heavy atom. The summed E-state index contributed by atoms with van der Waals surface area (Å²) in [6, 6.07) is 8.18. The number of benzene rings is 1. The third kappa shape index (κ3) is 7.42. The molecule has 0 saturated heterocycles. The molecule has 1 atom stereocenters. The molecule has 0 aliphatic heterocycles. The molecule has 1 aromatic rings. The molecular formula is C14H20Br2O3. The summed E-state index contributed by atoms with van der Waals surface area (Å²) in [5.41, 5.74) is 1.17. The van der Waals surface area contributed by atoms with Crippen LogP contribution in [0.1, 0.15) is 18.1 Å². The summed E-state index contributed by atoms with van der Waals surface area (Å²) in [6.45, 7) is 2.67. The fourth-order valence-electron chi connectivity index (χ4n) is 1.56. The Balaban J connectivity index is 2.20. The van der Waals surface area contributed by atoms with E-state index in [0.717, 1.165) is 22.8 Å². The molecular weight excluding hydrogens is 376 g/mol.